The number of ether oxygens (including phenoxy) is 1. The van der Waals surface area contributed by atoms with Crippen molar-refractivity contribution >= 4 is 17.6 Å². The summed E-state index contributed by atoms with van der Waals surface area (Å²) in [5, 5.41) is 0. The maximum Gasteiger partial charge on any atom is 0.338 e. The number of benzene rings is 2. The lowest BCUT2D eigenvalue weighted by Crippen LogP contribution is -2.10. The molecule has 0 bridgehead atoms. The first kappa shape index (κ1) is 16.6. The van der Waals surface area contributed by atoms with Gasteiger partial charge in [0.2, 0.25) is 0 Å². The molecule has 0 unspecified atom stereocenters. The molecule has 0 spiro atoms. The molecule has 0 atom stereocenters. The molecule has 2 aliphatic rings. The summed E-state index contributed by atoms with van der Waals surface area (Å²) in [6, 6.07) is 12.2. The van der Waals surface area contributed by atoms with E-state index in [4.69, 9.17) is 4.74 Å². The van der Waals surface area contributed by atoms with Crippen molar-refractivity contribution in [2.45, 2.75) is 27.2 Å². The highest BCUT2D eigenvalue weighted by atomic mass is 16.5. The zero-order valence-electron chi connectivity index (χ0n) is 15.4. The van der Waals surface area contributed by atoms with Crippen LogP contribution in [0.3, 0.4) is 0 Å². The maximum atomic E-state index is 12.8. The minimum atomic E-state index is -0.251. The molecule has 0 saturated carbocycles. The molecule has 2 nitrogen and oxygen atoms in total. The second-order valence-electron chi connectivity index (χ2n) is 6.87. The van der Waals surface area contributed by atoms with Gasteiger partial charge in [0, 0.05) is 5.56 Å². The number of carbonyl (C=O) groups excluding carboxylic acids is 1. The fourth-order valence-electron chi connectivity index (χ4n) is 4.07. The summed E-state index contributed by atoms with van der Waals surface area (Å²) in [6.07, 6.45) is 7.51. The van der Waals surface area contributed by atoms with Crippen LogP contribution in [0.5, 0.6) is 0 Å². The normalized spacial score (nSPS) is 14.8. The zero-order valence-corrected chi connectivity index (χ0v) is 15.4. The van der Waals surface area contributed by atoms with Crippen molar-refractivity contribution in [3.8, 4) is 11.1 Å². The highest BCUT2D eigenvalue weighted by molar-refractivity contribution is 6.03. The van der Waals surface area contributed by atoms with Crippen molar-refractivity contribution < 1.29 is 9.53 Å². The van der Waals surface area contributed by atoms with Crippen molar-refractivity contribution in [2.24, 2.45) is 0 Å². The Hall–Kier alpha value is -2.87. The molecule has 0 amide bonds. The molecule has 0 heterocycles. The monoisotopic (exact) mass is 342 g/mol. The lowest BCUT2D eigenvalue weighted by atomic mass is 9.86. The van der Waals surface area contributed by atoms with Crippen LogP contribution in [0.15, 0.2) is 59.7 Å². The van der Waals surface area contributed by atoms with E-state index in [0.29, 0.717) is 12.2 Å². The third kappa shape index (κ3) is 2.62. The van der Waals surface area contributed by atoms with Gasteiger partial charge in [-0.05, 0) is 66.7 Å². The minimum absolute atomic E-state index is 0.251. The summed E-state index contributed by atoms with van der Waals surface area (Å²) >= 11 is 0. The van der Waals surface area contributed by atoms with Crippen LogP contribution in [0, 0.1) is 0 Å². The largest absolute Gasteiger partial charge is 0.462 e. The van der Waals surface area contributed by atoms with Gasteiger partial charge in [-0.2, -0.15) is 0 Å². The predicted octanol–water partition coefficient (Wildman–Crippen LogP) is 5.83. The van der Waals surface area contributed by atoms with E-state index in [9.17, 15) is 4.79 Å². The summed E-state index contributed by atoms with van der Waals surface area (Å²) in [7, 11) is 0. The SMILES string of the molecule is CCOC(=O)c1cc2c3c(c1-c1ccccc1)CC=C3C(C)=CC(C)=C2. The Morgan fingerprint density at radius 2 is 1.85 bits per heavy atom. The van der Waals surface area contributed by atoms with E-state index in [1.807, 2.05) is 31.2 Å². The van der Waals surface area contributed by atoms with Crippen LogP contribution >= 0.6 is 0 Å². The van der Waals surface area contributed by atoms with E-state index in [1.54, 1.807) is 0 Å². The van der Waals surface area contributed by atoms with Gasteiger partial charge >= 0.3 is 5.97 Å². The molecule has 0 fully saturated rings. The van der Waals surface area contributed by atoms with Crippen LogP contribution in [0.25, 0.3) is 22.8 Å². The van der Waals surface area contributed by atoms with E-state index in [1.165, 1.54) is 27.8 Å². The molecular weight excluding hydrogens is 320 g/mol. The van der Waals surface area contributed by atoms with Crippen molar-refractivity contribution in [1.82, 2.24) is 0 Å². The summed E-state index contributed by atoms with van der Waals surface area (Å²) in [5.74, 6) is -0.251. The molecule has 4 rings (SSSR count). The van der Waals surface area contributed by atoms with Crippen molar-refractivity contribution in [3.63, 3.8) is 0 Å². The van der Waals surface area contributed by atoms with Gasteiger partial charge in [0.1, 0.15) is 0 Å². The fraction of sp³-hybridized carbons (Fsp3) is 0.208. The van der Waals surface area contributed by atoms with Gasteiger partial charge in [0.25, 0.3) is 0 Å². The summed E-state index contributed by atoms with van der Waals surface area (Å²) in [5.41, 5.74) is 10.1. The molecular formula is C24H22O2. The minimum Gasteiger partial charge on any atom is -0.462 e. The second-order valence-corrected chi connectivity index (χ2v) is 6.87. The Morgan fingerprint density at radius 1 is 1.08 bits per heavy atom. The first-order valence-corrected chi connectivity index (χ1v) is 9.10. The molecule has 26 heavy (non-hydrogen) atoms. The summed E-state index contributed by atoms with van der Waals surface area (Å²) < 4.78 is 5.38. The van der Waals surface area contributed by atoms with Gasteiger partial charge in [-0.3, -0.25) is 0 Å². The van der Waals surface area contributed by atoms with Crippen LogP contribution in [-0.2, 0) is 11.2 Å². The first-order chi connectivity index (χ1) is 12.6. The maximum absolute atomic E-state index is 12.8. The number of esters is 1. The third-order valence-electron chi connectivity index (χ3n) is 5.05. The molecule has 0 saturated heterocycles. The Kier molecular flexibility index (Phi) is 4.12. The molecule has 0 aromatic heterocycles. The van der Waals surface area contributed by atoms with Gasteiger partial charge in [0.15, 0.2) is 0 Å². The van der Waals surface area contributed by atoms with E-state index >= 15 is 0 Å². The van der Waals surface area contributed by atoms with E-state index in [0.717, 1.165) is 23.1 Å². The zero-order chi connectivity index (χ0) is 18.3. The van der Waals surface area contributed by atoms with E-state index in [2.05, 4.69) is 44.2 Å². The Morgan fingerprint density at radius 3 is 2.58 bits per heavy atom. The Balaban J connectivity index is 2.04. The molecule has 0 N–H and O–H groups in total. The van der Waals surface area contributed by atoms with Crippen LogP contribution in [0.4, 0.5) is 0 Å². The molecule has 130 valence electrons. The second kappa shape index (κ2) is 6.45. The van der Waals surface area contributed by atoms with Crippen LogP contribution in [0.2, 0.25) is 0 Å². The molecule has 2 aliphatic carbocycles. The standard InChI is InChI=1S/C24H22O2/c1-4-26-24(25)21-14-18-13-15(2)12-16(3)19-10-11-20(23(18)19)22(21)17-8-6-5-7-9-17/h5-10,12-14H,4,11H2,1-3H3. The lowest BCUT2D eigenvalue weighted by Gasteiger charge is -2.18. The fourth-order valence-corrected chi connectivity index (χ4v) is 4.07. The number of rotatable bonds is 3. The number of hydrogen-bond donors (Lipinski definition) is 0. The Labute approximate surface area is 154 Å². The highest BCUT2D eigenvalue weighted by Gasteiger charge is 2.28. The number of hydrogen-bond acceptors (Lipinski definition) is 2. The first-order valence-electron chi connectivity index (χ1n) is 9.10. The molecule has 0 aliphatic heterocycles. The summed E-state index contributed by atoms with van der Waals surface area (Å²) in [4.78, 5) is 12.8. The van der Waals surface area contributed by atoms with Crippen LogP contribution in [0.1, 0.15) is 47.8 Å². The van der Waals surface area contributed by atoms with Crippen molar-refractivity contribution in [2.75, 3.05) is 6.61 Å². The Bertz CT molecular complexity index is 989. The average Bonchev–Trinajstić information content (AvgIpc) is 3.02. The number of allylic oxidation sites excluding steroid dienone is 5. The lowest BCUT2D eigenvalue weighted by molar-refractivity contribution is 0.0527. The van der Waals surface area contributed by atoms with Gasteiger partial charge in [0.05, 0.1) is 12.2 Å². The molecule has 2 aromatic rings. The van der Waals surface area contributed by atoms with E-state index in [-0.39, 0.29) is 5.97 Å². The van der Waals surface area contributed by atoms with Gasteiger partial charge < -0.3 is 4.74 Å². The van der Waals surface area contributed by atoms with Crippen LogP contribution < -0.4 is 0 Å². The van der Waals surface area contributed by atoms with Crippen LogP contribution in [-0.4, -0.2) is 12.6 Å². The van der Waals surface area contributed by atoms with Gasteiger partial charge in [-0.15, -0.1) is 0 Å². The third-order valence-corrected chi connectivity index (χ3v) is 5.05. The van der Waals surface area contributed by atoms with Gasteiger partial charge in [-0.25, -0.2) is 4.79 Å². The molecule has 2 heteroatoms. The smallest absolute Gasteiger partial charge is 0.338 e. The number of carbonyl (C=O) groups is 1. The summed E-state index contributed by atoms with van der Waals surface area (Å²) in [6.45, 7) is 6.49. The van der Waals surface area contributed by atoms with Gasteiger partial charge in [-0.1, -0.05) is 54.1 Å². The topological polar surface area (TPSA) is 26.3 Å². The molecule has 2 aromatic carbocycles. The average molecular weight is 342 g/mol. The predicted molar refractivity (Wildman–Crippen MR) is 107 cm³/mol. The molecule has 0 radical (unpaired) electrons. The highest BCUT2D eigenvalue weighted by Crippen LogP contribution is 2.44. The van der Waals surface area contributed by atoms with E-state index < -0.39 is 0 Å². The van der Waals surface area contributed by atoms with Crippen molar-refractivity contribution in [3.05, 3.63) is 82.0 Å². The van der Waals surface area contributed by atoms with Crippen molar-refractivity contribution in [1.29, 1.82) is 0 Å². The quantitative estimate of drug-likeness (QED) is 0.656.